The number of aliphatic hydroxyl groups is 1. The first-order valence-corrected chi connectivity index (χ1v) is 6.96. The first-order chi connectivity index (χ1) is 6.55. The lowest BCUT2D eigenvalue weighted by atomic mass is 9.98. The summed E-state index contributed by atoms with van der Waals surface area (Å²) in [4.78, 5) is 0. The Labute approximate surface area is 84.6 Å². The Morgan fingerprint density at radius 1 is 1.29 bits per heavy atom. The molecule has 4 nitrogen and oxygen atoms in total. The molecule has 1 aliphatic carbocycles. The van der Waals surface area contributed by atoms with Crippen molar-refractivity contribution in [3.63, 3.8) is 0 Å². The average Bonchev–Trinajstić information content (AvgIpc) is 2.51. The van der Waals surface area contributed by atoms with Crippen LogP contribution in [0, 0.1) is 0 Å². The van der Waals surface area contributed by atoms with Gasteiger partial charge in [-0.25, -0.2) is 8.42 Å². The molecule has 0 radical (unpaired) electrons. The highest BCUT2D eigenvalue weighted by molar-refractivity contribution is 7.92. The Morgan fingerprint density at radius 2 is 1.86 bits per heavy atom. The van der Waals surface area contributed by atoms with Crippen molar-refractivity contribution in [3.05, 3.63) is 0 Å². The summed E-state index contributed by atoms with van der Waals surface area (Å²) in [6.07, 6.45) is 4.21. The number of rotatable bonds is 3. The predicted molar refractivity (Wildman–Crippen MR) is 53.9 cm³/mol. The summed E-state index contributed by atoms with van der Waals surface area (Å²) >= 11 is 0. The van der Waals surface area contributed by atoms with Crippen LogP contribution >= 0.6 is 0 Å². The molecule has 2 rings (SSSR count). The monoisotopic (exact) mass is 219 g/mol. The van der Waals surface area contributed by atoms with E-state index >= 15 is 0 Å². The molecule has 2 aliphatic rings. The largest absolute Gasteiger partial charge is 0.394 e. The molecule has 2 N–H and O–H groups in total. The maximum atomic E-state index is 11.0. The summed E-state index contributed by atoms with van der Waals surface area (Å²) in [5, 5.41) is 12.6. The van der Waals surface area contributed by atoms with E-state index in [2.05, 4.69) is 5.32 Å². The van der Waals surface area contributed by atoms with Gasteiger partial charge in [-0.3, -0.25) is 0 Å². The zero-order chi connectivity index (χ0) is 10.2. The van der Waals surface area contributed by atoms with Crippen LogP contribution in [0.5, 0.6) is 0 Å². The molecule has 1 aliphatic heterocycles. The lowest BCUT2D eigenvalue weighted by Gasteiger charge is -2.37. The molecule has 5 heteroatoms. The standard InChI is InChI=1S/C9H17NO3S/c11-7-9(3-1-2-4-9)10-8-5-14(12,13)6-8/h8,10-11H,1-7H2. The SMILES string of the molecule is O=S1(=O)CC(NC2(CO)CCCC2)C1. The van der Waals surface area contributed by atoms with E-state index in [-0.39, 0.29) is 29.7 Å². The second-order valence-electron chi connectivity index (χ2n) is 4.56. The van der Waals surface area contributed by atoms with E-state index in [9.17, 15) is 13.5 Å². The fourth-order valence-electron chi connectivity index (χ4n) is 2.48. The fraction of sp³-hybridized carbons (Fsp3) is 1.00. The van der Waals surface area contributed by atoms with Crippen LogP contribution in [-0.2, 0) is 9.84 Å². The quantitative estimate of drug-likeness (QED) is 0.682. The van der Waals surface area contributed by atoms with E-state index < -0.39 is 9.84 Å². The molecular weight excluding hydrogens is 202 g/mol. The molecule has 1 saturated carbocycles. The molecule has 14 heavy (non-hydrogen) atoms. The Bertz CT molecular complexity index is 294. The maximum absolute atomic E-state index is 11.0. The first-order valence-electron chi connectivity index (χ1n) is 5.14. The number of hydrogen-bond acceptors (Lipinski definition) is 4. The summed E-state index contributed by atoms with van der Waals surface area (Å²) in [5.74, 6) is 0.490. The van der Waals surface area contributed by atoms with Gasteiger partial charge in [0, 0.05) is 11.6 Å². The van der Waals surface area contributed by atoms with Crippen molar-refractivity contribution in [2.24, 2.45) is 0 Å². The van der Waals surface area contributed by atoms with E-state index in [0.29, 0.717) is 0 Å². The fourth-order valence-corrected chi connectivity index (χ4v) is 3.78. The highest BCUT2D eigenvalue weighted by Gasteiger charge is 2.41. The molecule has 82 valence electrons. The number of sulfone groups is 1. The smallest absolute Gasteiger partial charge is 0.153 e. The predicted octanol–water partition coefficient (Wildman–Crippen LogP) is -0.322. The van der Waals surface area contributed by atoms with Crippen LogP contribution in [-0.4, -0.2) is 43.2 Å². The highest BCUT2D eigenvalue weighted by atomic mass is 32.2. The molecule has 0 spiro atoms. The number of nitrogens with one attached hydrogen (secondary N) is 1. The van der Waals surface area contributed by atoms with E-state index in [1.165, 1.54) is 0 Å². The van der Waals surface area contributed by atoms with Gasteiger partial charge in [-0.15, -0.1) is 0 Å². The summed E-state index contributed by atoms with van der Waals surface area (Å²) in [6.45, 7) is 0.129. The van der Waals surface area contributed by atoms with Crippen molar-refractivity contribution in [1.82, 2.24) is 5.32 Å². The molecule has 0 aromatic carbocycles. The van der Waals surface area contributed by atoms with Gasteiger partial charge in [-0.05, 0) is 12.8 Å². The Kier molecular flexibility index (Phi) is 2.57. The van der Waals surface area contributed by atoms with Crippen LogP contribution in [0.15, 0.2) is 0 Å². The van der Waals surface area contributed by atoms with E-state index in [0.717, 1.165) is 25.7 Å². The third-order valence-electron chi connectivity index (χ3n) is 3.28. The van der Waals surface area contributed by atoms with E-state index in [1.807, 2.05) is 0 Å². The van der Waals surface area contributed by atoms with Gasteiger partial charge in [-0.1, -0.05) is 12.8 Å². The van der Waals surface area contributed by atoms with Crippen LogP contribution < -0.4 is 5.32 Å². The summed E-state index contributed by atoms with van der Waals surface area (Å²) in [5.41, 5.74) is -0.180. The van der Waals surface area contributed by atoms with Gasteiger partial charge in [0.05, 0.1) is 18.1 Å². The third-order valence-corrected chi connectivity index (χ3v) is 5.10. The zero-order valence-electron chi connectivity index (χ0n) is 8.20. The van der Waals surface area contributed by atoms with Crippen LogP contribution in [0.1, 0.15) is 25.7 Å². The minimum Gasteiger partial charge on any atom is -0.394 e. The first kappa shape index (κ1) is 10.4. The van der Waals surface area contributed by atoms with Crippen molar-refractivity contribution in [3.8, 4) is 0 Å². The maximum Gasteiger partial charge on any atom is 0.153 e. The highest BCUT2D eigenvalue weighted by Crippen LogP contribution is 2.30. The molecule has 0 aromatic rings. The molecule has 1 heterocycles. The van der Waals surface area contributed by atoms with Crippen LogP contribution in [0.4, 0.5) is 0 Å². The van der Waals surface area contributed by atoms with Gasteiger partial charge in [0.15, 0.2) is 9.84 Å². The molecular formula is C9H17NO3S. The lowest BCUT2D eigenvalue weighted by Crippen LogP contribution is -2.60. The lowest BCUT2D eigenvalue weighted by molar-refractivity contribution is 0.154. The number of aliphatic hydroxyl groups excluding tert-OH is 1. The number of hydrogen-bond donors (Lipinski definition) is 2. The minimum atomic E-state index is -2.75. The second kappa shape index (κ2) is 3.47. The Hall–Kier alpha value is -0.130. The van der Waals surface area contributed by atoms with Gasteiger partial charge in [-0.2, -0.15) is 0 Å². The van der Waals surface area contributed by atoms with Crippen molar-refractivity contribution in [1.29, 1.82) is 0 Å². The molecule has 0 amide bonds. The normalized spacial score (nSPS) is 30.1. The van der Waals surface area contributed by atoms with Gasteiger partial charge >= 0.3 is 0 Å². The van der Waals surface area contributed by atoms with Crippen molar-refractivity contribution < 1.29 is 13.5 Å². The molecule has 2 fully saturated rings. The van der Waals surface area contributed by atoms with Crippen molar-refractivity contribution >= 4 is 9.84 Å². The van der Waals surface area contributed by atoms with Crippen LogP contribution in [0.25, 0.3) is 0 Å². The topological polar surface area (TPSA) is 66.4 Å². The van der Waals surface area contributed by atoms with Crippen LogP contribution in [0.3, 0.4) is 0 Å². The molecule has 1 saturated heterocycles. The Balaban J connectivity index is 1.90. The zero-order valence-corrected chi connectivity index (χ0v) is 9.02. The molecule has 0 unspecified atom stereocenters. The summed E-state index contributed by atoms with van der Waals surface area (Å²) < 4.78 is 21.9. The molecule has 0 atom stereocenters. The van der Waals surface area contributed by atoms with E-state index in [1.54, 1.807) is 0 Å². The second-order valence-corrected chi connectivity index (χ2v) is 6.72. The van der Waals surface area contributed by atoms with Crippen LogP contribution in [0.2, 0.25) is 0 Å². The van der Waals surface area contributed by atoms with Crippen molar-refractivity contribution in [2.75, 3.05) is 18.1 Å². The average molecular weight is 219 g/mol. The van der Waals surface area contributed by atoms with Gasteiger partial charge in [0.25, 0.3) is 0 Å². The Morgan fingerprint density at radius 3 is 2.29 bits per heavy atom. The third kappa shape index (κ3) is 1.94. The van der Waals surface area contributed by atoms with Gasteiger partial charge in [0.1, 0.15) is 0 Å². The summed E-state index contributed by atoms with van der Waals surface area (Å²) in [7, 11) is -2.75. The van der Waals surface area contributed by atoms with E-state index in [4.69, 9.17) is 0 Å². The van der Waals surface area contributed by atoms with Crippen molar-refractivity contribution in [2.45, 2.75) is 37.3 Å². The van der Waals surface area contributed by atoms with Gasteiger partial charge < -0.3 is 10.4 Å². The van der Waals surface area contributed by atoms with Gasteiger partial charge in [0.2, 0.25) is 0 Å². The molecule has 0 bridgehead atoms. The molecule has 0 aromatic heterocycles. The minimum absolute atomic E-state index is 0.0743. The summed E-state index contributed by atoms with van der Waals surface area (Å²) in [6, 6.07) is 0.0743.